The van der Waals surface area contributed by atoms with Crippen molar-refractivity contribution in [3.05, 3.63) is 59.9 Å². The average Bonchev–Trinajstić information content (AvgIpc) is 2.88. The van der Waals surface area contributed by atoms with Gasteiger partial charge in [0.1, 0.15) is 11.4 Å². The molecule has 0 atom stereocenters. The van der Waals surface area contributed by atoms with E-state index in [9.17, 15) is 4.79 Å². The standard InChI is InChI=1S/C15H12ClN3O2/c16-11-5-1-2-6-12(11)21-10-15(20)18-13-9-19-8-4-3-7-14(19)17-13/h1-9H,10H2,(H,18,20). The van der Waals surface area contributed by atoms with Gasteiger partial charge < -0.3 is 14.5 Å². The molecule has 0 unspecified atom stereocenters. The Hall–Kier alpha value is -2.53. The summed E-state index contributed by atoms with van der Waals surface area (Å²) in [6.45, 7) is -0.127. The van der Waals surface area contributed by atoms with Gasteiger partial charge in [-0.1, -0.05) is 29.8 Å². The zero-order valence-electron chi connectivity index (χ0n) is 11.0. The van der Waals surface area contributed by atoms with Crippen molar-refractivity contribution >= 4 is 29.0 Å². The second-order valence-electron chi connectivity index (χ2n) is 4.36. The van der Waals surface area contributed by atoms with Crippen molar-refractivity contribution in [2.75, 3.05) is 11.9 Å². The molecule has 1 amide bonds. The third-order valence-electron chi connectivity index (χ3n) is 2.83. The molecular formula is C15H12ClN3O2. The Bertz CT molecular complexity index is 752. The molecule has 6 heteroatoms. The van der Waals surface area contributed by atoms with E-state index >= 15 is 0 Å². The molecule has 3 rings (SSSR count). The normalized spacial score (nSPS) is 10.5. The third-order valence-corrected chi connectivity index (χ3v) is 3.14. The zero-order chi connectivity index (χ0) is 14.7. The summed E-state index contributed by atoms with van der Waals surface area (Å²) < 4.78 is 7.19. The molecule has 1 aromatic carbocycles. The van der Waals surface area contributed by atoms with Crippen molar-refractivity contribution in [3.63, 3.8) is 0 Å². The maximum absolute atomic E-state index is 11.8. The van der Waals surface area contributed by atoms with E-state index in [1.54, 1.807) is 30.5 Å². The number of pyridine rings is 1. The molecule has 0 aliphatic carbocycles. The van der Waals surface area contributed by atoms with Gasteiger partial charge in [-0.15, -0.1) is 0 Å². The van der Waals surface area contributed by atoms with E-state index < -0.39 is 0 Å². The van der Waals surface area contributed by atoms with E-state index in [-0.39, 0.29) is 12.5 Å². The first-order valence-electron chi connectivity index (χ1n) is 6.33. The number of para-hydroxylation sites is 1. The number of hydrogen-bond donors (Lipinski definition) is 1. The van der Waals surface area contributed by atoms with Crippen LogP contribution in [0.3, 0.4) is 0 Å². The fraction of sp³-hybridized carbons (Fsp3) is 0.0667. The predicted octanol–water partition coefficient (Wildman–Crippen LogP) is 3.01. The summed E-state index contributed by atoms with van der Waals surface area (Å²) in [6.07, 6.45) is 3.60. The number of benzene rings is 1. The summed E-state index contributed by atoms with van der Waals surface area (Å²) in [5.74, 6) is 0.664. The van der Waals surface area contributed by atoms with Crippen LogP contribution in [0.25, 0.3) is 5.65 Å². The van der Waals surface area contributed by atoms with Gasteiger partial charge in [-0.05, 0) is 24.3 Å². The summed E-state index contributed by atoms with van der Waals surface area (Å²) in [5, 5.41) is 3.15. The van der Waals surface area contributed by atoms with Gasteiger partial charge in [-0.3, -0.25) is 4.79 Å². The van der Waals surface area contributed by atoms with Gasteiger partial charge >= 0.3 is 0 Å². The lowest BCUT2D eigenvalue weighted by Crippen LogP contribution is -2.20. The molecule has 0 spiro atoms. The third kappa shape index (κ3) is 3.14. The van der Waals surface area contributed by atoms with Crippen molar-refractivity contribution in [3.8, 4) is 5.75 Å². The predicted molar refractivity (Wildman–Crippen MR) is 80.8 cm³/mol. The van der Waals surface area contributed by atoms with Crippen molar-refractivity contribution < 1.29 is 9.53 Å². The van der Waals surface area contributed by atoms with Crippen LogP contribution in [-0.2, 0) is 4.79 Å². The molecule has 0 aliphatic rings. The number of hydrogen-bond acceptors (Lipinski definition) is 3. The van der Waals surface area contributed by atoms with Crippen LogP contribution >= 0.6 is 11.6 Å². The molecule has 0 radical (unpaired) electrons. The molecule has 1 N–H and O–H groups in total. The van der Waals surface area contributed by atoms with Gasteiger partial charge in [0, 0.05) is 6.20 Å². The SMILES string of the molecule is O=C(COc1ccccc1Cl)Nc1cn2ccccc2n1. The molecule has 5 nitrogen and oxygen atoms in total. The highest BCUT2D eigenvalue weighted by atomic mass is 35.5. The van der Waals surface area contributed by atoms with Crippen LogP contribution in [0.4, 0.5) is 5.82 Å². The van der Waals surface area contributed by atoms with Gasteiger partial charge in [0.15, 0.2) is 12.4 Å². The van der Waals surface area contributed by atoms with Gasteiger partial charge in [0.2, 0.25) is 0 Å². The average molecular weight is 302 g/mol. The van der Waals surface area contributed by atoms with Crippen LogP contribution in [0.1, 0.15) is 0 Å². The molecule has 3 aromatic rings. The molecular weight excluding hydrogens is 290 g/mol. The topological polar surface area (TPSA) is 55.6 Å². The first kappa shape index (κ1) is 13.5. The number of anilines is 1. The van der Waals surface area contributed by atoms with Crippen molar-refractivity contribution in [1.29, 1.82) is 0 Å². The van der Waals surface area contributed by atoms with Crippen molar-refractivity contribution in [2.45, 2.75) is 0 Å². The molecule has 0 aliphatic heterocycles. The highest BCUT2D eigenvalue weighted by Gasteiger charge is 2.08. The Morgan fingerprint density at radius 3 is 2.86 bits per heavy atom. The summed E-state index contributed by atoms with van der Waals surface area (Å²) >= 11 is 5.95. The Morgan fingerprint density at radius 1 is 1.24 bits per heavy atom. The number of ether oxygens (including phenoxy) is 1. The first-order valence-corrected chi connectivity index (χ1v) is 6.71. The summed E-state index contributed by atoms with van der Waals surface area (Å²) in [6, 6.07) is 12.6. The molecule has 2 heterocycles. The minimum atomic E-state index is -0.293. The number of nitrogens with one attached hydrogen (secondary N) is 1. The number of amides is 1. The largest absolute Gasteiger partial charge is 0.482 e. The van der Waals surface area contributed by atoms with Crippen LogP contribution in [-0.4, -0.2) is 21.9 Å². The Morgan fingerprint density at radius 2 is 2.05 bits per heavy atom. The molecule has 2 aromatic heterocycles. The maximum atomic E-state index is 11.8. The van der Waals surface area contributed by atoms with Gasteiger partial charge in [0.05, 0.1) is 11.2 Å². The van der Waals surface area contributed by atoms with Crippen molar-refractivity contribution in [2.24, 2.45) is 0 Å². The number of imidazole rings is 1. The van der Waals surface area contributed by atoms with E-state index in [1.807, 2.05) is 28.8 Å². The van der Waals surface area contributed by atoms with Gasteiger partial charge in [-0.25, -0.2) is 4.98 Å². The van der Waals surface area contributed by atoms with E-state index in [4.69, 9.17) is 16.3 Å². The van der Waals surface area contributed by atoms with E-state index in [1.165, 1.54) is 0 Å². The van der Waals surface area contributed by atoms with Crippen LogP contribution in [0.15, 0.2) is 54.9 Å². The van der Waals surface area contributed by atoms with Gasteiger partial charge in [-0.2, -0.15) is 0 Å². The first-order chi connectivity index (χ1) is 10.2. The van der Waals surface area contributed by atoms with Crippen LogP contribution < -0.4 is 10.1 Å². The molecule has 0 saturated heterocycles. The number of carbonyl (C=O) groups excluding carboxylic acids is 1. The summed E-state index contributed by atoms with van der Waals surface area (Å²) in [7, 11) is 0. The van der Waals surface area contributed by atoms with E-state index in [0.717, 1.165) is 5.65 Å². The van der Waals surface area contributed by atoms with Gasteiger partial charge in [0.25, 0.3) is 5.91 Å². The second kappa shape index (κ2) is 5.85. The van der Waals surface area contributed by atoms with E-state index in [0.29, 0.717) is 16.6 Å². The smallest absolute Gasteiger partial charge is 0.263 e. The molecule has 0 bridgehead atoms. The lowest BCUT2D eigenvalue weighted by Gasteiger charge is -2.07. The van der Waals surface area contributed by atoms with Crippen LogP contribution in [0.2, 0.25) is 5.02 Å². The second-order valence-corrected chi connectivity index (χ2v) is 4.77. The van der Waals surface area contributed by atoms with Crippen LogP contribution in [0, 0.1) is 0 Å². The zero-order valence-corrected chi connectivity index (χ0v) is 11.7. The molecule has 21 heavy (non-hydrogen) atoms. The maximum Gasteiger partial charge on any atom is 0.263 e. The van der Waals surface area contributed by atoms with Crippen LogP contribution in [0.5, 0.6) is 5.75 Å². The Kier molecular flexibility index (Phi) is 3.75. The number of carbonyl (C=O) groups is 1. The number of nitrogens with zero attached hydrogens (tertiary/aromatic N) is 2. The Labute approximate surface area is 126 Å². The number of halogens is 1. The minimum absolute atomic E-state index is 0.127. The molecule has 0 saturated carbocycles. The monoisotopic (exact) mass is 301 g/mol. The molecule has 0 fully saturated rings. The highest BCUT2D eigenvalue weighted by molar-refractivity contribution is 6.32. The Balaban J connectivity index is 1.62. The lowest BCUT2D eigenvalue weighted by atomic mass is 10.3. The summed E-state index contributed by atoms with van der Waals surface area (Å²) in [5.41, 5.74) is 0.764. The van der Waals surface area contributed by atoms with E-state index in [2.05, 4.69) is 10.3 Å². The fourth-order valence-corrected chi connectivity index (χ4v) is 2.07. The lowest BCUT2D eigenvalue weighted by molar-refractivity contribution is -0.118. The van der Waals surface area contributed by atoms with Crippen molar-refractivity contribution in [1.82, 2.24) is 9.38 Å². The minimum Gasteiger partial charge on any atom is -0.482 e. The number of aromatic nitrogens is 2. The highest BCUT2D eigenvalue weighted by Crippen LogP contribution is 2.22. The molecule has 106 valence electrons. The fourth-order valence-electron chi connectivity index (χ4n) is 1.88. The number of rotatable bonds is 4. The summed E-state index contributed by atoms with van der Waals surface area (Å²) in [4.78, 5) is 16.1. The number of fused-ring (bicyclic) bond motifs is 1. The quantitative estimate of drug-likeness (QED) is 0.806.